The van der Waals surface area contributed by atoms with Crippen LogP contribution in [0.2, 0.25) is 0 Å². The van der Waals surface area contributed by atoms with Crippen molar-refractivity contribution in [2.24, 2.45) is 0 Å². The molecule has 0 spiro atoms. The number of rotatable bonds is 5. The first-order chi connectivity index (χ1) is 10.7. The number of urea groups is 1. The van der Waals surface area contributed by atoms with Crippen LogP contribution in [0.15, 0.2) is 30.3 Å². The highest BCUT2D eigenvalue weighted by Crippen LogP contribution is 2.34. The minimum atomic E-state index is -0.137. The van der Waals surface area contributed by atoms with E-state index in [1.165, 1.54) is 0 Å². The normalized spacial score (nSPS) is 15.4. The Labute approximate surface area is 129 Å². The van der Waals surface area contributed by atoms with Crippen molar-refractivity contribution in [1.29, 1.82) is 0 Å². The van der Waals surface area contributed by atoms with Gasteiger partial charge >= 0.3 is 6.03 Å². The highest BCUT2D eigenvalue weighted by molar-refractivity contribution is 5.74. The summed E-state index contributed by atoms with van der Waals surface area (Å²) in [5.74, 6) is 0.705. The monoisotopic (exact) mass is 300 g/mol. The Morgan fingerprint density at radius 2 is 2.14 bits per heavy atom. The van der Waals surface area contributed by atoms with Crippen LogP contribution >= 0.6 is 0 Å². The van der Waals surface area contributed by atoms with E-state index in [2.05, 4.69) is 20.8 Å². The van der Waals surface area contributed by atoms with Crippen LogP contribution in [0, 0.1) is 0 Å². The molecule has 1 fully saturated rings. The molecule has 2 aromatic rings. The number of nitrogens with one attached hydrogen (secondary N) is 1. The first-order valence-corrected chi connectivity index (χ1v) is 7.49. The van der Waals surface area contributed by atoms with E-state index >= 15 is 0 Å². The maximum Gasteiger partial charge on any atom is 0.318 e. The van der Waals surface area contributed by atoms with Gasteiger partial charge in [0.1, 0.15) is 0 Å². The van der Waals surface area contributed by atoms with Gasteiger partial charge in [-0.05, 0) is 35.8 Å². The second-order valence-electron chi connectivity index (χ2n) is 5.63. The molecule has 7 heteroatoms. The average Bonchev–Trinajstić information content (AvgIpc) is 3.30. The Balaban J connectivity index is 1.58. The van der Waals surface area contributed by atoms with Crippen molar-refractivity contribution in [3.8, 4) is 0 Å². The summed E-state index contributed by atoms with van der Waals surface area (Å²) < 4.78 is 1.81. The average molecular weight is 300 g/mol. The lowest BCUT2D eigenvalue weighted by atomic mass is 10.1. The maximum atomic E-state index is 12.3. The largest absolute Gasteiger partial charge is 0.331 e. The molecule has 1 aromatic heterocycles. The molecule has 1 N–H and O–H groups in total. The van der Waals surface area contributed by atoms with Crippen molar-refractivity contribution in [1.82, 2.24) is 30.4 Å². The topological polar surface area (TPSA) is 75.9 Å². The summed E-state index contributed by atoms with van der Waals surface area (Å²) in [4.78, 5) is 14.0. The SMILES string of the molecule is C[C@@H](c1ccccc1)N(C)C(=O)NCc1nnnn1C1CC1. The number of aromatic nitrogens is 4. The van der Waals surface area contributed by atoms with Crippen molar-refractivity contribution in [3.05, 3.63) is 41.7 Å². The van der Waals surface area contributed by atoms with Crippen LogP contribution in [-0.4, -0.2) is 38.2 Å². The van der Waals surface area contributed by atoms with Crippen LogP contribution in [0.4, 0.5) is 4.79 Å². The first kappa shape index (κ1) is 14.5. The number of tetrazole rings is 1. The van der Waals surface area contributed by atoms with Gasteiger partial charge in [0.2, 0.25) is 0 Å². The Morgan fingerprint density at radius 3 is 2.82 bits per heavy atom. The summed E-state index contributed by atoms with van der Waals surface area (Å²) in [5.41, 5.74) is 1.10. The molecule has 116 valence electrons. The molecule has 1 heterocycles. The number of hydrogen-bond acceptors (Lipinski definition) is 4. The van der Waals surface area contributed by atoms with E-state index in [1.54, 1.807) is 16.6 Å². The predicted octanol–water partition coefficient (Wildman–Crippen LogP) is 1.91. The summed E-state index contributed by atoms with van der Waals surface area (Å²) in [5, 5.41) is 14.5. The van der Waals surface area contributed by atoms with E-state index in [0.29, 0.717) is 18.4 Å². The zero-order valence-electron chi connectivity index (χ0n) is 12.8. The summed E-state index contributed by atoms with van der Waals surface area (Å²) in [6.07, 6.45) is 2.22. The minimum Gasteiger partial charge on any atom is -0.331 e. The summed E-state index contributed by atoms with van der Waals surface area (Å²) >= 11 is 0. The van der Waals surface area contributed by atoms with Gasteiger partial charge in [0, 0.05) is 7.05 Å². The lowest BCUT2D eigenvalue weighted by molar-refractivity contribution is 0.193. The maximum absolute atomic E-state index is 12.3. The Kier molecular flexibility index (Phi) is 4.04. The predicted molar refractivity (Wildman–Crippen MR) is 80.9 cm³/mol. The van der Waals surface area contributed by atoms with Gasteiger partial charge in [0.05, 0.1) is 18.6 Å². The Morgan fingerprint density at radius 1 is 1.41 bits per heavy atom. The molecule has 1 atom stereocenters. The van der Waals surface area contributed by atoms with E-state index in [-0.39, 0.29) is 12.1 Å². The quantitative estimate of drug-likeness (QED) is 0.915. The molecule has 3 rings (SSSR count). The zero-order chi connectivity index (χ0) is 15.5. The van der Waals surface area contributed by atoms with Gasteiger partial charge in [0.15, 0.2) is 5.82 Å². The van der Waals surface area contributed by atoms with Gasteiger partial charge in [-0.1, -0.05) is 30.3 Å². The van der Waals surface area contributed by atoms with E-state index < -0.39 is 0 Å². The van der Waals surface area contributed by atoms with E-state index in [4.69, 9.17) is 0 Å². The highest BCUT2D eigenvalue weighted by Gasteiger charge is 2.28. The van der Waals surface area contributed by atoms with Gasteiger partial charge < -0.3 is 10.2 Å². The molecular formula is C15H20N6O. The molecule has 1 saturated carbocycles. The van der Waals surface area contributed by atoms with Gasteiger partial charge in [-0.3, -0.25) is 0 Å². The van der Waals surface area contributed by atoms with Crippen molar-refractivity contribution in [2.45, 2.75) is 38.4 Å². The Bertz CT molecular complexity index is 636. The van der Waals surface area contributed by atoms with Crippen LogP contribution in [-0.2, 0) is 6.54 Å². The summed E-state index contributed by atoms with van der Waals surface area (Å²) in [7, 11) is 1.79. The van der Waals surface area contributed by atoms with Gasteiger partial charge in [-0.15, -0.1) is 5.10 Å². The zero-order valence-corrected chi connectivity index (χ0v) is 12.8. The van der Waals surface area contributed by atoms with Crippen molar-refractivity contribution in [2.75, 3.05) is 7.05 Å². The number of amides is 2. The fourth-order valence-corrected chi connectivity index (χ4v) is 2.34. The molecule has 7 nitrogen and oxygen atoms in total. The fourth-order valence-electron chi connectivity index (χ4n) is 2.34. The Hall–Kier alpha value is -2.44. The molecule has 0 bridgehead atoms. The number of carbonyl (C=O) groups is 1. The smallest absolute Gasteiger partial charge is 0.318 e. The lowest BCUT2D eigenvalue weighted by Crippen LogP contribution is -2.38. The molecule has 0 saturated heterocycles. The summed E-state index contributed by atoms with van der Waals surface area (Å²) in [6.45, 7) is 2.34. The lowest BCUT2D eigenvalue weighted by Gasteiger charge is -2.25. The van der Waals surface area contributed by atoms with Crippen LogP contribution < -0.4 is 5.32 Å². The van der Waals surface area contributed by atoms with Gasteiger partial charge in [0.25, 0.3) is 0 Å². The number of nitrogens with zero attached hydrogens (tertiary/aromatic N) is 5. The molecule has 0 radical (unpaired) electrons. The van der Waals surface area contributed by atoms with Crippen molar-refractivity contribution >= 4 is 6.03 Å². The number of hydrogen-bond donors (Lipinski definition) is 1. The van der Waals surface area contributed by atoms with Crippen LogP contribution in [0.3, 0.4) is 0 Å². The first-order valence-electron chi connectivity index (χ1n) is 7.49. The molecule has 1 aromatic carbocycles. The fraction of sp³-hybridized carbons (Fsp3) is 0.467. The number of carbonyl (C=O) groups excluding carboxylic acids is 1. The number of benzene rings is 1. The van der Waals surface area contributed by atoms with Crippen molar-refractivity contribution < 1.29 is 4.79 Å². The molecule has 1 aliphatic rings. The second kappa shape index (κ2) is 6.13. The molecule has 1 aliphatic carbocycles. The third-order valence-electron chi connectivity index (χ3n) is 4.03. The second-order valence-corrected chi connectivity index (χ2v) is 5.63. The summed E-state index contributed by atoms with van der Waals surface area (Å²) in [6, 6.07) is 10.2. The molecule has 22 heavy (non-hydrogen) atoms. The van der Waals surface area contributed by atoms with Crippen LogP contribution in [0.25, 0.3) is 0 Å². The molecular weight excluding hydrogens is 280 g/mol. The minimum absolute atomic E-state index is 0.000581. The van der Waals surface area contributed by atoms with Crippen LogP contribution in [0.5, 0.6) is 0 Å². The molecule has 0 aliphatic heterocycles. The van der Waals surface area contributed by atoms with Crippen LogP contribution in [0.1, 0.15) is 43.2 Å². The standard InChI is InChI=1S/C15H20N6O/c1-11(12-6-4-3-5-7-12)20(2)15(22)16-10-14-17-18-19-21(14)13-8-9-13/h3-7,11,13H,8-10H2,1-2H3,(H,16,22)/t11-/m0/s1. The van der Waals surface area contributed by atoms with E-state index in [9.17, 15) is 4.79 Å². The molecule has 2 amide bonds. The van der Waals surface area contributed by atoms with E-state index in [1.807, 2.05) is 37.3 Å². The third-order valence-corrected chi connectivity index (χ3v) is 4.03. The third kappa shape index (κ3) is 3.08. The van der Waals surface area contributed by atoms with Gasteiger partial charge in [-0.25, -0.2) is 9.48 Å². The molecule has 0 unspecified atom stereocenters. The van der Waals surface area contributed by atoms with Gasteiger partial charge in [-0.2, -0.15) is 0 Å². The van der Waals surface area contributed by atoms with E-state index in [0.717, 1.165) is 18.4 Å². The van der Waals surface area contributed by atoms with Crippen molar-refractivity contribution in [3.63, 3.8) is 0 Å². The highest BCUT2D eigenvalue weighted by atomic mass is 16.2.